The molecule has 0 saturated heterocycles. The molecule has 1 N–H and O–H groups in total. The lowest BCUT2D eigenvalue weighted by Crippen LogP contribution is -2.23. The standard InChI is InChI=1S/C16H15Cl2NO3/c1-21-14-4-3-5-15(22-2)12(14)9-19-16(20)11-7-6-10(17)8-13(11)18/h3-8H,9H2,1-2H3,(H,19,20). The number of halogens is 2. The van der Waals surface area contributed by atoms with Gasteiger partial charge in [0.2, 0.25) is 0 Å². The monoisotopic (exact) mass is 339 g/mol. The number of hydrogen-bond acceptors (Lipinski definition) is 3. The number of carbonyl (C=O) groups is 1. The lowest BCUT2D eigenvalue weighted by molar-refractivity contribution is 0.0950. The second-order valence-corrected chi connectivity index (χ2v) is 5.29. The number of hydrogen-bond donors (Lipinski definition) is 1. The summed E-state index contributed by atoms with van der Waals surface area (Å²) < 4.78 is 10.6. The molecule has 0 radical (unpaired) electrons. The molecule has 0 aliphatic rings. The third kappa shape index (κ3) is 3.64. The number of amides is 1. The molecule has 0 aromatic heterocycles. The van der Waals surface area contributed by atoms with Crippen LogP contribution in [0.15, 0.2) is 36.4 Å². The highest BCUT2D eigenvalue weighted by Crippen LogP contribution is 2.28. The van der Waals surface area contributed by atoms with Gasteiger partial charge in [-0.05, 0) is 30.3 Å². The van der Waals surface area contributed by atoms with E-state index >= 15 is 0 Å². The van der Waals surface area contributed by atoms with Crippen LogP contribution in [-0.2, 0) is 6.54 Å². The Kier molecular flexibility index (Phi) is 5.52. The maximum absolute atomic E-state index is 12.2. The van der Waals surface area contributed by atoms with Crippen LogP contribution in [0.4, 0.5) is 0 Å². The van der Waals surface area contributed by atoms with E-state index in [0.717, 1.165) is 5.56 Å². The van der Waals surface area contributed by atoms with Gasteiger partial charge in [-0.15, -0.1) is 0 Å². The average Bonchev–Trinajstić information content (AvgIpc) is 2.52. The highest BCUT2D eigenvalue weighted by Gasteiger charge is 2.14. The number of ether oxygens (including phenoxy) is 2. The molecule has 116 valence electrons. The zero-order valence-electron chi connectivity index (χ0n) is 12.2. The summed E-state index contributed by atoms with van der Waals surface area (Å²) in [6, 6.07) is 10.2. The van der Waals surface area contributed by atoms with Gasteiger partial charge in [-0.1, -0.05) is 29.3 Å². The van der Waals surface area contributed by atoms with Crippen molar-refractivity contribution in [1.82, 2.24) is 5.32 Å². The van der Waals surface area contributed by atoms with Gasteiger partial charge in [-0.25, -0.2) is 0 Å². The fraction of sp³-hybridized carbons (Fsp3) is 0.188. The number of nitrogens with one attached hydrogen (secondary N) is 1. The van der Waals surface area contributed by atoms with Crippen molar-refractivity contribution in [3.05, 3.63) is 57.6 Å². The molecule has 0 aliphatic heterocycles. The third-order valence-corrected chi connectivity index (χ3v) is 3.68. The number of rotatable bonds is 5. The van der Waals surface area contributed by atoms with Gasteiger partial charge in [0, 0.05) is 5.02 Å². The van der Waals surface area contributed by atoms with E-state index in [1.807, 2.05) is 6.07 Å². The fourth-order valence-corrected chi connectivity index (χ4v) is 2.53. The quantitative estimate of drug-likeness (QED) is 0.897. The SMILES string of the molecule is COc1cccc(OC)c1CNC(=O)c1ccc(Cl)cc1Cl. The topological polar surface area (TPSA) is 47.6 Å². The molecule has 2 rings (SSSR count). The second-order valence-electron chi connectivity index (χ2n) is 4.45. The van der Waals surface area contributed by atoms with E-state index in [9.17, 15) is 4.79 Å². The fourth-order valence-electron chi connectivity index (χ4n) is 2.04. The van der Waals surface area contributed by atoms with E-state index in [2.05, 4.69) is 5.32 Å². The van der Waals surface area contributed by atoms with E-state index in [1.165, 1.54) is 6.07 Å². The summed E-state index contributed by atoms with van der Waals surface area (Å²) in [5.41, 5.74) is 1.12. The molecule has 0 heterocycles. The van der Waals surface area contributed by atoms with Gasteiger partial charge in [-0.2, -0.15) is 0 Å². The zero-order valence-corrected chi connectivity index (χ0v) is 13.7. The minimum atomic E-state index is -0.297. The van der Waals surface area contributed by atoms with Crippen molar-refractivity contribution in [2.75, 3.05) is 14.2 Å². The molecule has 0 saturated carbocycles. The van der Waals surface area contributed by atoms with Gasteiger partial charge >= 0.3 is 0 Å². The maximum Gasteiger partial charge on any atom is 0.253 e. The van der Waals surface area contributed by atoms with Crippen LogP contribution < -0.4 is 14.8 Å². The van der Waals surface area contributed by atoms with Gasteiger partial charge in [0.25, 0.3) is 5.91 Å². The molecule has 0 atom stereocenters. The smallest absolute Gasteiger partial charge is 0.253 e. The molecule has 22 heavy (non-hydrogen) atoms. The molecular formula is C16H15Cl2NO3. The molecular weight excluding hydrogens is 325 g/mol. The average molecular weight is 340 g/mol. The molecule has 6 heteroatoms. The summed E-state index contributed by atoms with van der Waals surface area (Å²) in [6.07, 6.45) is 0. The molecule has 0 bridgehead atoms. The Balaban J connectivity index is 2.18. The minimum absolute atomic E-state index is 0.255. The summed E-state index contributed by atoms with van der Waals surface area (Å²) in [5.74, 6) is 0.985. The molecule has 2 aromatic rings. The Bertz CT molecular complexity index is 667. The van der Waals surface area contributed by atoms with Crippen molar-refractivity contribution >= 4 is 29.1 Å². The predicted octanol–water partition coefficient (Wildman–Crippen LogP) is 3.94. The summed E-state index contributed by atoms with van der Waals surface area (Å²) in [5, 5.41) is 3.58. The predicted molar refractivity (Wildman–Crippen MR) is 87.2 cm³/mol. The summed E-state index contributed by atoms with van der Waals surface area (Å²) in [6.45, 7) is 0.255. The van der Waals surface area contributed by atoms with Crippen molar-refractivity contribution in [2.24, 2.45) is 0 Å². The van der Waals surface area contributed by atoms with Crippen molar-refractivity contribution in [3.63, 3.8) is 0 Å². The van der Waals surface area contributed by atoms with Crippen LogP contribution in [0.25, 0.3) is 0 Å². The Hall–Kier alpha value is -1.91. The lowest BCUT2D eigenvalue weighted by Gasteiger charge is -2.14. The van der Waals surface area contributed by atoms with E-state index in [-0.39, 0.29) is 12.5 Å². The van der Waals surface area contributed by atoms with E-state index in [1.54, 1.807) is 38.5 Å². The summed E-state index contributed by atoms with van der Waals surface area (Å²) in [7, 11) is 3.13. The first-order valence-corrected chi connectivity index (χ1v) is 7.25. The highest BCUT2D eigenvalue weighted by atomic mass is 35.5. The normalized spacial score (nSPS) is 10.2. The minimum Gasteiger partial charge on any atom is -0.496 e. The Labute approximate surface area is 138 Å². The zero-order chi connectivity index (χ0) is 16.1. The van der Waals surface area contributed by atoms with Gasteiger partial charge in [-0.3, -0.25) is 4.79 Å². The molecule has 2 aromatic carbocycles. The first-order chi connectivity index (χ1) is 10.6. The molecule has 0 spiro atoms. The largest absolute Gasteiger partial charge is 0.496 e. The lowest BCUT2D eigenvalue weighted by atomic mass is 10.1. The second kappa shape index (κ2) is 7.38. The first-order valence-electron chi connectivity index (χ1n) is 6.50. The van der Waals surface area contributed by atoms with E-state index in [0.29, 0.717) is 27.1 Å². The van der Waals surface area contributed by atoms with E-state index in [4.69, 9.17) is 32.7 Å². The van der Waals surface area contributed by atoms with Crippen LogP contribution >= 0.6 is 23.2 Å². The molecule has 0 aliphatic carbocycles. The number of benzene rings is 2. The summed E-state index contributed by atoms with van der Waals surface area (Å²) >= 11 is 11.9. The van der Waals surface area contributed by atoms with Crippen molar-refractivity contribution in [1.29, 1.82) is 0 Å². The van der Waals surface area contributed by atoms with Crippen LogP contribution in [0.5, 0.6) is 11.5 Å². The van der Waals surface area contributed by atoms with Gasteiger partial charge < -0.3 is 14.8 Å². The highest BCUT2D eigenvalue weighted by molar-refractivity contribution is 6.36. The Morgan fingerprint density at radius 3 is 2.27 bits per heavy atom. The summed E-state index contributed by atoms with van der Waals surface area (Å²) in [4.78, 5) is 12.2. The van der Waals surface area contributed by atoms with Gasteiger partial charge in [0.1, 0.15) is 11.5 Å². The number of carbonyl (C=O) groups excluding carboxylic acids is 1. The Morgan fingerprint density at radius 1 is 1.09 bits per heavy atom. The Morgan fingerprint density at radius 2 is 1.73 bits per heavy atom. The molecule has 4 nitrogen and oxygen atoms in total. The molecule has 0 unspecified atom stereocenters. The number of methoxy groups -OCH3 is 2. The van der Waals surface area contributed by atoms with Crippen LogP contribution in [-0.4, -0.2) is 20.1 Å². The van der Waals surface area contributed by atoms with Gasteiger partial charge in [0.15, 0.2) is 0 Å². The first kappa shape index (κ1) is 16.5. The molecule has 1 amide bonds. The third-order valence-electron chi connectivity index (χ3n) is 3.13. The van der Waals surface area contributed by atoms with Gasteiger partial charge in [0.05, 0.1) is 36.9 Å². The van der Waals surface area contributed by atoms with Crippen molar-refractivity contribution in [2.45, 2.75) is 6.54 Å². The molecule has 0 fully saturated rings. The maximum atomic E-state index is 12.2. The van der Waals surface area contributed by atoms with Crippen LogP contribution in [0.2, 0.25) is 10.0 Å². The van der Waals surface area contributed by atoms with Crippen LogP contribution in [0.1, 0.15) is 15.9 Å². The van der Waals surface area contributed by atoms with Crippen molar-refractivity contribution < 1.29 is 14.3 Å². The van der Waals surface area contributed by atoms with Crippen LogP contribution in [0.3, 0.4) is 0 Å². The van der Waals surface area contributed by atoms with E-state index < -0.39 is 0 Å². The van der Waals surface area contributed by atoms with Crippen LogP contribution in [0, 0.1) is 0 Å². The van der Waals surface area contributed by atoms with Crippen molar-refractivity contribution in [3.8, 4) is 11.5 Å².